The van der Waals surface area contributed by atoms with Gasteiger partial charge in [-0.25, -0.2) is 4.79 Å². The Morgan fingerprint density at radius 1 is 1.24 bits per heavy atom. The van der Waals surface area contributed by atoms with Gasteiger partial charge < -0.3 is 15.2 Å². The number of ether oxygens (including phenoxy) is 1. The van der Waals surface area contributed by atoms with E-state index in [2.05, 4.69) is 39.5 Å². The Bertz CT molecular complexity index is 877. The van der Waals surface area contributed by atoms with Gasteiger partial charge in [-0.05, 0) is 54.3 Å². The molecule has 4 nitrogen and oxygen atoms in total. The summed E-state index contributed by atoms with van der Waals surface area (Å²) in [5.74, 6) is 0.512. The summed E-state index contributed by atoms with van der Waals surface area (Å²) in [4.78, 5) is 11.3. The maximum Gasteiger partial charge on any atom is 0.335 e. The zero-order valence-corrected chi connectivity index (χ0v) is 15.3. The second-order valence-corrected chi connectivity index (χ2v) is 7.38. The molecule has 0 saturated carbocycles. The first-order valence-corrected chi connectivity index (χ1v) is 9.01. The fraction of sp³-hybridized carbons (Fsp3) is 0.250. The molecule has 1 aliphatic carbocycles. The first-order chi connectivity index (χ1) is 12.1. The van der Waals surface area contributed by atoms with Gasteiger partial charge in [-0.2, -0.15) is 0 Å². The lowest BCUT2D eigenvalue weighted by atomic mass is 9.76. The van der Waals surface area contributed by atoms with Crippen molar-refractivity contribution in [1.82, 2.24) is 0 Å². The van der Waals surface area contributed by atoms with Gasteiger partial charge in [0.25, 0.3) is 0 Å². The third kappa shape index (κ3) is 2.72. The van der Waals surface area contributed by atoms with Crippen LogP contribution in [-0.4, -0.2) is 18.2 Å². The van der Waals surface area contributed by atoms with Crippen LogP contribution in [0, 0.1) is 5.92 Å². The van der Waals surface area contributed by atoms with Crippen LogP contribution in [0.3, 0.4) is 0 Å². The monoisotopic (exact) mass is 399 g/mol. The summed E-state index contributed by atoms with van der Waals surface area (Å²) in [6.45, 7) is 0. The van der Waals surface area contributed by atoms with Gasteiger partial charge in [0.15, 0.2) is 0 Å². The maximum absolute atomic E-state index is 11.3. The quantitative estimate of drug-likeness (QED) is 0.714. The Hall–Kier alpha value is -2.27. The molecule has 0 fully saturated rings. The van der Waals surface area contributed by atoms with Crippen LogP contribution in [0.25, 0.3) is 0 Å². The molecular weight excluding hydrogens is 382 g/mol. The van der Waals surface area contributed by atoms with Crippen LogP contribution in [-0.2, 0) is 0 Å². The Morgan fingerprint density at radius 3 is 2.84 bits per heavy atom. The van der Waals surface area contributed by atoms with Crippen LogP contribution in [0.15, 0.2) is 53.0 Å². The zero-order chi connectivity index (χ0) is 17.6. The zero-order valence-electron chi connectivity index (χ0n) is 13.7. The molecule has 3 atom stereocenters. The summed E-state index contributed by atoms with van der Waals surface area (Å²) >= 11 is 3.56. The number of anilines is 1. The van der Waals surface area contributed by atoms with E-state index in [0.29, 0.717) is 11.5 Å². The highest BCUT2D eigenvalue weighted by molar-refractivity contribution is 9.10. The number of hydrogen-bond acceptors (Lipinski definition) is 3. The van der Waals surface area contributed by atoms with Gasteiger partial charge in [-0.1, -0.05) is 28.1 Å². The smallest absolute Gasteiger partial charge is 0.335 e. The van der Waals surface area contributed by atoms with Crippen LogP contribution in [0.4, 0.5) is 5.69 Å². The predicted molar refractivity (Wildman–Crippen MR) is 100 cm³/mol. The molecule has 4 rings (SSSR count). The van der Waals surface area contributed by atoms with E-state index in [-0.39, 0.29) is 12.0 Å². The van der Waals surface area contributed by atoms with Crippen molar-refractivity contribution < 1.29 is 14.6 Å². The molecule has 1 heterocycles. The number of nitrogens with one attached hydrogen (secondary N) is 1. The second kappa shape index (κ2) is 6.23. The molecule has 2 N–H and O–H groups in total. The summed E-state index contributed by atoms with van der Waals surface area (Å²) in [7, 11) is 1.69. The molecule has 0 saturated heterocycles. The average molecular weight is 400 g/mol. The second-order valence-electron chi connectivity index (χ2n) is 6.47. The molecule has 0 aromatic heterocycles. The number of aromatic carboxylic acids is 1. The highest BCUT2D eigenvalue weighted by Gasteiger charge is 2.39. The first kappa shape index (κ1) is 16.2. The van der Waals surface area contributed by atoms with Crippen molar-refractivity contribution in [2.75, 3.05) is 12.4 Å². The van der Waals surface area contributed by atoms with Crippen LogP contribution in [0.1, 0.15) is 39.9 Å². The molecule has 0 amide bonds. The maximum atomic E-state index is 11.3. The molecule has 25 heavy (non-hydrogen) atoms. The highest BCUT2D eigenvalue weighted by Crippen LogP contribution is 2.51. The van der Waals surface area contributed by atoms with Crippen LogP contribution < -0.4 is 10.1 Å². The predicted octanol–water partition coefficient (Wildman–Crippen LogP) is 4.98. The fourth-order valence-corrected chi connectivity index (χ4v) is 4.36. The molecule has 0 radical (unpaired) electrons. The van der Waals surface area contributed by atoms with Gasteiger partial charge in [-0.15, -0.1) is 0 Å². The number of methoxy groups -OCH3 is 1. The van der Waals surface area contributed by atoms with Gasteiger partial charge >= 0.3 is 5.97 Å². The number of halogens is 1. The van der Waals surface area contributed by atoms with Crippen molar-refractivity contribution in [3.05, 3.63) is 69.7 Å². The van der Waals surface area contributed by atoms with E-state index < -0.39 is 5.97 Å². The minimum Gasteiger partial charge on any atom is -0.496 e. The molecule has 0 bridgehead atoms. The number of hydrogen-bond donors (Lipinski definition) is 2. The number of carbonyl (C=O) groups is 1. The summed E-state index contributed by atoms with van der Waals surface area (Å²) in [6, 6.07) is 11.5. The minimum atomic E-state index is -0.892. The standard InChI is InChI=1S/C20H18BrNO3/c1-25-18-8-6-12(21)10-16(18)19-14-4-2-3-13(14)15-9-11(20(23)24)5-7-17(15)22-19/h2-3,5-10,13-14,19,22H,4H2,1H3,(H,23,24)/t13-,14-,19+/m1/s1. The lowest BCUT2D eigenvalue weighted by molar-refractivity contribution is 0.0696. The molecular formula is C20H18BrNO3. The van der Waals surface area contributed by atoms with Gasteiger partial charge in [0.05, 0.1) is 18.7 Å². The average Bonchev–Trinajstić information content (AvgIpc) is 3.10. The van der Waals surface area contributed by atoms with Crippen molar-refractivity contribution in [2.45, 2.75) is 18.4 Å². The molecule has 1 aliphatic heterocycles. The highest BCUT2D eigenvalue weighted by atomic mass is 79.9. The van der Waals surface area contributed by atoms with Crippen molar-refractivity contribution >= 4 is 27.6 Å². The van der Waals surface area contributed by atoms with Gasteiger partial charge in [0, 0.05) is 21.6 Å². The molecule has 0 spiro atoms. The Morgan fingerprint density at radius 2 is 2.08 bits per heavy atom. The number of carboxylic acid groups (broad SMARTS) is 1. The van der Waals surface area contributed by atoms with Crippen LogP contribution >= 0.6 is 15.9 Å². The molecule has 2 aromatic carbocycles. The molecule has 5 heteroatoms. The van der Waals surface area contributed by atoms with Crippen LogP contribution in [0.2, 0.25) is 0 Å². The number of allylic oxidation sites excluding steroid dienone is 2. The number of benzene rings is 2. The van der Waals surface area contributed by atoms with Crippen molar-refractivity contribution in [3.63, 3.8) is 0 Å². The Kier molecular flexibility index (Phi) is 4.04. The SMILES string of the molecule is COc1ccc(Br)cc1[C@H]1Nc2ccc(C(=O)O)cc2[C@@H]2C=CC[C@@H]12. The van der Waals surface area contributed by atoms with Crippen molar-refractivity contribution in [3.8, 4) is 5.75 Å². The Balaban J connectivity index is 1.81. The molecule has 0 unspecified atom stereocenters. The summed E-state index contributed by atoms with van der Waals surface area (Å²) in [5, 5.41) is 12.9. The number of carboxylic acids is 1. The first-order valence-electron chi connectivity index (χ1n) is 8.22. The fourth-order valence-electron chi connectivity index (χ4n) is 3.98. The summed E-state index contributed by atoms with van der Waals surface area (Å²) in [5.41, 5.74) is 3.50. The van der Waals surface area contributed by atoms with Gasteiger partial charge in [0.2, 0.25) is 0 Å². The molecule has 2 aromatic rings. The Labute approximate surface area is 154 Å². The van der Waals surface area contributed by atoms with Crippen molar-refractivity contribution in [1.29, 1.82) is 0 Å². The number of fused-ring (bicyclic) bond motifs is 3. The summed E-state index contributed by atoms with van der Waals surface area (Å²) in [6.07, 6.45) is 5.35. The normalized spacial score (nSPS) is 23.5. The van der Waals surface area contributed by atoms with Gasteiger partial charge in [0.1, 0.15) is 5.75 Å². The van der Waals surface area contributed by atoms with E-state index >= 15 is 0 Å². The number of rotatable bonds is 3. The third-order valence-electron chi connectivity index (χ3n) is 5.14. The largest absolute Gasteiger partial charge is 0.496 e. The lowest BCUT2D eigenvalue weighted by Crippen LogP contribution is -2.29. The van der Waals surface area contributed by atoms with Crippen molar-refractivity contribution in [2.24, 2.45) is 5.92 Å². The van der Waals surface area contributed by atoms with E-state index in [0.717, 1.165) is 33.5 Å². The minimum absolute atomic E-state index is 0.107. The lowest BCUT2D eigenvalue weighted by Gasteiger charge is -2.38. The van der Waals surface area contributed by atoms with E-state index in [1.165, 1.54) is 0 Å². The third-order valence-corrected chi connectivity index (χ3v) is 5.63. The van der Waals surface area contributed by atoms with E-state index in [1.54, 1.807) is 19.2 Å². The van der Waals surface area contributed by atoms with Crippen LogP contribution in [0.5, 0.6) is 5.75 Å². The van der Waals surface area contributed by atoms with E-state index in [1.807, 2.05) is 18.2 Å². The van der Waals surface area contributed by atoms with E-state index in [9.17, 15) is 9.90 Å². The molecule has 128 valence electrons. The summed E-state index contributed by atoms with van der Waals surface area (Å²) < 4.78 is 6.60. The molecule has 2 aliphatic rings. The van der Waals surface area contributed by atoms with E-state index in [4.69, 9.17) is 4.74 Å². The van der Waals surface area contributed by atoms with Gasteiger partial charge in [-0.3, -0.25) is 0 Å². The topological polar surface area (TPSA) is 58.6 Å².